The van der Waals surface area contributed by atoms with Gasteiger partial charge in [-0.3, -0.25) is 14.9 Å². The Bertz CT molecular complexity index is 1190. The summed E-state index contributed by atoms with van der Waals surface area (Å²) in [4.78, 5) is 28.7. The van der Waals surface area contributed by atoms with E-state index in [4.69, 9.17) is 4.74 Å². The van der Waals surface area contributed by atoms with Gasteiger partial charge in [-0.25, -0.2) is 0 Å². The number of anilines is 1. The van der Waals surface area contributed by atoms with Gasteiger partial charge in [-0.1, -0.05) is 42.5 Å². The molecule has 2 atom stereocenters. The second-order valence-corrected chi connectivity index (χ2v) is 10.1. The normalized spacial score (nSPS) is 16.9. The fourth-order valence-electron chi connectivity index (χ4n) is 4.11. The highest BCUT2D eigenvalue weighted by molar-refractivity contribution is 6.06. The van der Waals surface area contributed by atoms with Crippen LogP contribution >= 0.6 is 0 Å². The van der Waals surface area contributed by atoms with Crippen LogP contribution in [0, 0.1) is 5.41 Å². The number of rotatable bonds is 10. The minimum absolute atomic E-state index is 0.0884. The molecule has 0 radical (unpaired) electrons. The zero-order valence-electron chi connectivity index (χ0n) is 22.0. The van der Waals surface area contributed by atoms with Crippen LogP contribution in [0.5, 0.6) is 0 Å². The molecule has 3 rings (SSSR count). The molecule has 3 N–H and O–H groups in total. The fraction of sp³-hybridized carbons (Fsp3) is 0.481. The third kappa shape index (κ3) is 6.56. The third-order valence-corrected chi connectivity index (χ3v) is 6.51. The topological polar surface area (TPSA) is 90.9 Å². The number of carbonyl (C=O) groups excluding carboxylic acids is 2. The van der Waals surface area contributed by atoms with Gasteiger partial charge in [-0.15, -0.1) is 0 Å². The summed E-state index contributed by atoms with van der Waals surface area (Å²) < 4.78 is 70.1. The van der Waals surface area contributed by atoms with E-state index >= 15 is 0 Å². The highest BCUT2D eigenvalue weighted by Gasteiger charge is 2.57. The number of hydrogen-bond acceptors (Lipinski definition) is 5. The molecule has 0 aromatic heterocycles. The van der Waals surface area contributed by atoms with Crippen LogP contribution in [0.1, 0.15) is 39.3 Å². The highest BCUT2D eigenvalue weighted by Crippen LogP contribution is 2.40. The summed E-state index contributed by atoms with van der Waals surface area (Å²) in [5, 5.41) is 14.7. The summed E-state index contributed by atoms with van der Waals surface area (Å²) in [6, 6.07) is 12.8. The predicted molar refractivity (Wildman–Crippen MR) is 135 cm³/mol. The maximum Gasteiger partial charge on any atom is 0.454 e. The van der Waals surface area contributed by atoms with Crippen LogP contribution < -0.4 is 15.5 Å². The van der Waals surface area contributed by atoms with E-state index < -0.39 is 48.1 Å². The summed E-state index contributed by atoms with van der Waals surface area (Å²) >= 11 is 0. The number of fused-ring (bicyclic) bond motifs is 3. The predicted octanol–water partition coefficient (Wildman–Crippen LogP) is 4.41. The molecule has 2 amide bonds. The molecule has 2 aromatic carbocycles. The molecule has 1 heterocycles. The SMILES string of the molecule is CC(C)OCCN1C(=O)[C@@H](NC(=O)C(C)(C)C(O)NCC(F)(F)C(F)(F)F)c2ccccc2-c2ccccc21. The Morgan fingerprint density at radius 1 is 1.03 bits per heavy atom. The Morgan fingerprint density at radius 2 is 1.62 bits per heavy atom. The second-order valence-electron chi connectivity index (χ2n) is 10.1. The number of carbonyl (C=O) groups is 2. The molecular formula is C27H32F5N3O4. The van der Waals surface area contributed by atoms with Crippen LogP contribution in [0.15, 0.2) is 48.5 Å². The van der Waals surface area contributed by atoms with Crippen LogP contribution in [0.2, 0.25) is 0 Å². The summed E-state index contributed by atoms with van der Waals surface area (Å²) in [5.74, 6) is -6.56. The average molecular weight is 558 g/mol. The lowest BCUT2D eigenvalue weighted by atomic mass is 9.88. The molecule has 12 heteroatoms. The fourth-order valence-corrected chi connectivity index (χ4v) is 4.11. The molecule has 0 spiro atoms. The number of alkyl halides is 5. The summed E-state index contributed by atoms with van der Waals surface area (Å²) in [5.41, 5.74) is 0.548. The van der Waals surface area contributed by atoms with E-state index in [2.05, 4.69) is 5.32 Å². The van der Waals surface area contributed by atoms with E-state index in [1.807, 2.05) is 26.0 Å². The van der Waals surface area contributed by atoms with Crippen molar-refractivity contribution in [3.63, 3.8) is 0 Å². The van der Waals surface area contributed by atoms with Gasteiger partial charge in [-0.2, -0.15) is 22.0 Å². The van der Waals surface area contributed by atoms with Crippen LogP contribution in [0.3, 0.4) is 0 Å². The van der Waals surface area contributed by atoms with Gasteiger partial charge in [0.1, 0.15) is 12.3 Å². The average Bonchev–Trinajstić information content (AvgIpc) is 2.95. The molecular weight excluding hydrogens is 525 g/mol. The van der Waals surface area contributed by atoms with Crippen molar-refractivity contribution in [2.24, 2.45) is 5.41 Å². The quantitative estimate of drug-likeness (QED) is 0.297. The number of amides is 2. The van der Waals surface area contributed by atoms with Crippen LogP contribution in [0.4, 0.5) is 27.6 Å². The maximum absolute atomic E-state index is 13.9. The summed E-state index contributed by atoms with van der Waals surface area (Å²) in [6.07, 6.45) is -8.01. The lowest BCUT2D eigenvalue weighted by molar-refractivity contribution is -0.281. The molecule has 1 aliphatic rings. The first-order chi connectivity index (χ1) is 18.1. The molecule has 39 heavy (non-hydrogen) atoms. The molecule has 2 aromatic rings. The molecule has 0 saturated heterocycles. The van der Waals surface area contributed by atoms with E-state index in [1.54, 1.807) is 41.7 Å². The molecule has 1 unspecified atom stereocenters. The second kappa shape index (κ2) is 11.6. The van der Waals surface area contributed by atoms with Crippen molar-refractivity contribution in [1.29, 1.82) is 0 Å². The van der Waals surface area contributed by atoms with Crippen molar-refractivity contribution in [3.8, 4) is 11.1 Å². The van der Waals surface area contributed by atoms with E-state index in [-0.39, 0.29) is 19.3 Å². The van der Waals surface area contributed by atoms with Gasteiger partial charge in [0, 0.05) is 12.1 Å². The van der Waals surface area contributed by atoms with Crippen molar-refractivity contribution in [1.82, 2.24) is 10.6 Å². The summed E-state index contributed by atoms with van der Waals surface area (Å²) in [7, 11) is 0. The Balaban J connectivity index is 1.92. The number of aliphatic hydroxyl groups excluding tert-OH is 1. The number of nitrogens with one attached hydrogen (secondary N) is 2. The molecule has 0 aliphatic carbocycles. The standard InChI is InChI=1S/C27H32F5N3O4/c1-16(2)39-14-13-35-20-12-8-7-10-18(20)17-9-5-6-11-19(17)21(22(35)36)34-24(38)25(3,4)23(37)33-15-26(28,29)27(30,31)32/h5-12,16,21,23,33,37H,13-15H2,1-4H3,(H,34,38)/t21-,23?/m0/s1. The van der Waals surface area contributed by atoms with Crippen molar-refractivity contribution in [2.45, 2.75) is 58.2 Å². The van der Waals surface area contributed by atoms with Gasteiger partial charge in [0.15, 0.2) is 0 Å². The Kier molecular flexibility index (Phi) is 9.03. The Morgan fingerprint density at radius 3 is 2.23 bits per heavy atom. The van der Waals surface area contributed by atoms with Gasteiger partial charge >= 0.3 is 12.1 Å². The van der Waals surface area contributed by atoms with Gasteiger partial charge in [0.25, 0.3) is 5.91 Å². The monoisotopic (exact) mass is 557 g/mol. The first kappa shape index (κ1) is 30.5. The van der Waals surface area contributed by atoms with Crippen molar-refractivity contribution in [2.75, 3.05) is 24.6 Å². The number of nitrogens with zero attached hydrogens (tertiary/aromatic N) is 1. The smallest absolute Gasteiger partial charge is 0.377 e. The lowest BCUT2D eigenvalue weighted by Gasteiger charge is -2.33. The number of benzene rings is 2. The van der Waals surface area contributed by atoms with Gasteiger partial charge in [-0.05, 0) is 44.9 Å². The Labute approximate surface area is 223 Å². The van der Waals surface area contributed by atoms with Crippen molar-refractivity contribution in [3.05, 3.63) is 54.1 Å². The number of halogens is 5. The first-order valence-corrected chi connectivity index (χ1v) is 12.4. The lowest BCUT2D eigenvalue weighted by Crippen LogP contribution is -2.56. The maximum atomic E-state index is 13.9. The van der Waals surface area contributed by atoms with Crippen LogP contribution in [-0.4, -0.2) is 61.0 Å². The molecule has 7 nitrogen and oxygen atoms in total. The van der Waals surface area contributed by atoms with Gasteiger partial charge < -0.3 is 20.1 Å². The minimum atomic E-state index is -5.83. The van der Waals surface area contributed by atoms with E-state index in [0.29, 0.717) is 16.8 Å². The minimum Gasteiger partial charge on any atom is -0.377 e. The van der Waals surface area contributed by atoms with Crippen molar-refractivity contribution < 1.29 is 41.4 Å². The van der Waals surface area contributed by atoms with Gasteiger partial charge in [0.05, 0.1) is 30.4 Å². The molecule has 214 valence electrons. The molecule has 0 fully saturated rings. The van der Waals surface area contributed by atoms with E-state index in [1.165, 1.54) is 18.7 Å². The number of ether oxygens (including phenoxy) is 1. The molecule has 0 bridgehead atoms. The molecule has 0 saturated carbocycles. The number of hydrogen-bond donors (Lipinski definition) is 3. The highest BCUT2D eigenvalue weighted by atomic mass is 19.4. The third-order valence-electron chi connectivity index (χ3n) is 6.51. The van der Waals surface area contributed by atoms with Crippen LogP contribution in [-0.2, 0) is 14.3 Å². The van der Waals surface area contributed by atoms with E-state index in [9.17, 15) is 36.6 Å². The number of aliphatic hydroxyl groups is 1. The zero-order valence-corrected chi connectivity index (χ0v) is 22.0. The van der Waals surface area contributed by atoms with Crippen LogP contribution in [0.25, 0.3) is 11.1 Å². The first-order valence-electron chi connectivity index (χ1n) is 12.4. The van der Waals surface area contributed by atoms with Crippen molar-refractivity contribution >= 4 is 17.5 Å². The largest absolute Gasteiger partial charge is 0.454 e. The zero-order chi connectivity index (χ0) is 29.2. The number of para-hydroxylation sites is 1. The van der Waals surface area contributed by atoms with E-state index in [0.717, 1.165) is 5.56 Å². The molecule has 1 aliphatic heterocycles. The summed E-state index contributed by atoms with van der Waals surface area (Å²) in [6.45, 7) is 4.47. The van der Waals surface area contributed by atoms with Gasteiger partial charge in [0.2, 0.25) is 5.91 Å². The Hall–Kier alpha value is -3.09.